The molecule has 0 fully saturated rings. The molecule has 4 heteroatoms. The van der Waals surface area contributed by atoms with E-state index in [1.54, 1.807) is 11.1 Å². The van der Waals surface area contributed by atoms with E-state index < -0.39 is 0 Å². The maximum Gasteiger partial charge on any atom is 0.261 e. The first-order valence-corrected chi connectivity index (χ1v) is 9.30. The van der Waals surface area contributed by atoms with Gasteiger partial charge in [-0.05, 0) is 49.1 Å². The van der Waals surface area contributed by atoms with Crippen LogP contribution in [0.1, 0.15) is 45.7 Å². The summed E-state index contributed by atoms with van der Waals surface area (Å²) in [5.41, 5.74) is 6.28. The quantitative estimate of drug-likeness (QED) is 0.712. The van der Waals surface area contributed by atoms with Gasteiger partial charge in [-0.2, -0.15) is 0 Å². The third-order valence-corrected chi connectivity index (χ3v) is 5.13. The first kappa shape index (κ1) is 17.3. The van der Waals surface area contributed by atoms with Crippen molar-refractivity contribution in [1.29, 1.82) is 0 Å². The number of anilines is 2. The summed E-state index contributed by atoms with van der Waals surface area (Å²) >= 11 is 0. The molecule has 1 N–H and O–H groups in total. The minimum atomic E-state index is -0.282. The molecule has 0 saturated carbocycles. The Hall–Kier alpha value is -3.14. The van der Waals surface area contributed by atoms with Crippen molar-refractivity contribution in [1.82, 2.24) is 4.98 Å². The van der Waals surface area contributed by atoms with Crippen LogP contribution in [-0.2, 0) is 6.42 Å². The Morgan fingerprint density at radius 2 is 1.85 bits per heavy atom. The minimum absolute atomic E-state index is 0.0221. The fraction of sp³-hybridized carbons (Fsp3) is 0.217. The van der Waals surface area contributed by atoms with E-state index in [2.05, 4.69) is 42.3 Å². The highest BCUT2D eigenvalue weighted by atomic mass is 16.2. The number of amides is 1. The summed E-state index contributed by atoms with van der Waals surface area (Å²) in [6.07, 6.45) is 2.44. The number of aromatic nitrogens is 1. The van der Waals surface area contributed by atoms with Gasteiger partial charge in [0.25, 0.3) is 5.91 Å². The lowest BCUT2D eigenvalue weighted by Gasteiger charge is -2.28. The summed E-state index contributed by atoms with van der Waals surface area (Å²) in [6.45, 7) is 6.24. The van der Waals surface area contributed by atoms with Gasteiger partial charge < -0.3 is 5.32 Å². The smallest absolute Gasteiger partial charge is 0.261 e. The molecule has 1 aromatic heterocycles. The predicted octanol–water partition coefficient (Wildman–Crippen LogP) is 5.03. The van der Waals surface area contributed by atoms with Crippen LogP contribution in [0.25, 0.3) is 0 Å². The molecule has 0 spiro atoms. The number of rotatable bonds is 4. The molecule has 0 saturated heterocycles. The summed E-state index contributed by atoms with van der Waals surface area (Å²) in [5.74, 6) is 0.636. The zero-order chi connectivity index (χ0) is 19.0. The first-order chi connectivity index (χ1) is 13.1. The molecule has 136 valence electrons. The van der Waals surface area contributed by atoms with Crippen LogP contribution in [0.3, 0.4) is 0 Å². The van der Waals surface area contributed by atoms with Gasteiger partial charge in [-0.15, -0.1) is 0 Å². The summed E-state index contributed by atoms with van der Waals surface area (Å²) in [6, 6.07) is 18.0. The Morgan fingerprint density at radius 3 is 2.59 bits per heavy atom. The third kappa shape index (κ3) is 2.97. The molecule has 0 bridgehead atoms. The molecule has 2 heterocycles. The zero-order valence-corrected chi connectivity index (χ0v) is 15.9. The van der Waals surface area contributed by atoms with Crippen LogP contribution in [-0.4, -0.2) is 10.9 Å². The van der Waals surface area contributed by atoms with E-state index in [4.69, 9.17) is 0 Å². The maximum atomic E-state index is 13.2. The number of fused-ring (bicyclic) bond motifs is 1. The SMILES string of the molecule is CCc1cccc(C)c1N[C@@H]1c2ccccc2C(=O)N1c1ccc(C)cn1. The monoisotopic (exact) mass is 357 g/mol. The van der Waals surface area contributed by atoms with Crippen molar-refractivity contribution < 1.29 is 4.79 Å². The van der Waals surface area contributed by atoms with Crippen molar-refractivity contribution >= 4 is 17.4 Å². The van der Waals surface area contributed by atoms with Crippen LogP contribution < -0.4 is 10.2 Å². The number of benzene rings is 2. The van der Waals surface area contributed by atoms with Crippen molar-refractivity contribution in [2.45, 2.75) is 33.4 Å². The summed E-state index contributed by atoms with van der Waals surface area (Å²) in [7, 11) is 0. The molecule has 1 aliphatic rings. The van der Waals surface area contributed by atoms with Crippen molar-refractivity contribution in [2.24, 2.45) is 0 Å². The maximum absolute atomic E-state index is 13.2. The lowest BCUT2D eigenvalue weighted by Crippen LogP contribution is -2.33. The minimum Gasteiger partial charge on any atom is -0.361 e. The van der Waals surface area contributed by atoms with Gasteiger partial charge in [0.2, 0.25) is 0 Å². The van der Waals surface area contributed by atoms with E-state index >= 15 is 0 Å². The lowest BCUT2D eigenvalue weighted by atomic mass is 10.0. The van der Waals surface area contributed by atoms with Crippen LogP contribution in [0, 0.1) is 13.8 Å². The van der Waals surface area contributed by atoms with Gasteiger partial charge in [0.15, 0.2) is 0 Å². The zero-order valence-electron chi connectivity index (χ0n) is 15.9. The van der Waals surface area contributed by atoms with Crippen LogP contribution in [0.2, 0.25) is 0 Å². The topological polar surface area (TPSA) is 45.2 Å². The fourth-order valence-corrected chi connectivity index (χ4v) is 3.66. The Morgan fingerprint density at radius 1 is 1.04 bits per heavy atom. The first-order valence-electron chi connectivity index (χ1n) is 9.30. The molecule has 1 atom stereocenters. The van der Waals surface area contributed by atoms with Crippen molar-refractivity contribution in [3.8, 4) is 0 Å². The molecule has 1 amide bonds. The highest BCUT2D eigenvalue weighted by molar-refractivity contribution is 6.11. The van der Waals surface area contributed by atoms with E-state index in [0.29, 0.717) is 5.82 Å². The number of hydrogen-bond acceptors (Lipinski definition) is 3. The second kappa shape index (κ2) is 6.88. The Balaban J connectivity index is 1.82. The standard InChI is InChI=1S/C23H23N3O/c1-4-17-9-7-8-16(3)21(17)25-22-18-10-5-6-11-19(18)23(27)26(22)20-13-12-15(2)14-24-20/h5-14,22,25H,4H2,1-3H3/t22-/m0/s1. The molecule has 0 unspecified atom stereocenters. The van der Waals surface area contributed by atoms with Crippen LogP contribution in [0.5, 0.6) is 0 Å². The fourth-order valence-electron chi connectivity index (χ4n) is 3.66. The van der Waals surface area contributed by atoms with Gasteiger partial charge in [0.05, 0.1) is 0 Å². The van der Waals surface area contributed by atoms with Crippen molar-refractivity contribution in [2.75, 3.05) is 10.2 Å². The van der Waals surface area contributed by atoms with E-state index in [1.165, 1.54) is 11.1 Å². The highest BCUT2D eigenvalue weighted by Gasteiger charge is 2.38. The molecular formula is C23H23N3O. The number of aryl methyl sites for hydroxylation is 3. The molecule has 27 heavy (non-hydrogen) atoms. The number of para-hydroxylation sites is 1. The van der Waals surface area contributed by atoms with Crippen molar-refractivity contribution in [3.63, 3.8) is 0 Å². The third-order valence-electron chi connectivity index (χ3n) is 5.13. The number of carbonyl (C=O) groups excluding carboxylic acids is 1. The molecule has 0 aliphatic carbocycles. The van der Waals surface area contributed by atoms with Crippen molar-refractivity contribution in [3.05, 3.63) is 88.6 Å². The summed E-state index contributed by atoms with van der Waals surface area (Å²) < 4.78 is 0. The van der Waals surface area contributed by atoms with Gasteiger partial charge in [-0.1, -0.05) is 49.4 Å². The molecule has 2 aromatic carbocycles. The van der Waals surface area contributed by atoms with Gasteiger partial charge in [0.1, 0.15) is 12.0 Å². The van der Waals surface area contributed by atoms with Gasteiger partial charge >= 0.3 is 0 Å². The average molecular weight is 357 g/mol. The van der Waals surface area contributed by atoms with Gasteiger partial charge in [0, 0.05) is 23.0 Å². The normalized spacial score (nSPS) is 15.7. The van der Waals surface area contributed by atoms with Gasteiger partial charge in [-0.25, -0.2) is 4.98 Å². The van der Waals surface area contributed by atoms with Crippen LogP contribution in [0.4, 0.5) is 11.5 Å². The molecular weight excluding hydrogens is 334 g/mol. The van der Waals surface area contributed by atoms with Gasteiger partial charge in [-0.3, -0.25) is 9.69 Å². The second-order valence-corrected chi connectivity index (χ2v) is 6.97. The number of hydrogen-bond donors (Lipinski definition) is 1. The predicted molar refractivity (Wildman–Crippen MR) is 109 cm³/mol. The number of carbonyl (C=O) groups is 1. The van der Waals surface area contributed by atoms with Crippen LogP contribution >= 0.6 is 0 Å². The Labute approximate surface area is 159 Å². The Kier molecular flexibility index (Phi) is 4.40. The second-order valence-electron chi connectivity index (χ2n) is 6.97. The molecule has 3 aromatic rings. The molecule has 4 rings (SSSR count). The van der Waals surface area contributed by atoms with E-state index in [1.807, 2.05) is 43.3 Å². The Bertz CT molecular complexity index is 995. The highest BCUT2D eigenvalue weighted by Crippen LogP contribution is 2.38. The summed E-state index contributed by atoms with van der Waals surface area (Å²) in [4.78, 5) is 19.4. The lowest BCUT2D eigenvalue weighted by molar-refractivity contribution is 0.0992. The largest absolute Gasteiger partial charge is 0.361 e. The average Bonchev–Trinajstić information content (AvgIpc) is 2.96. The molecule has 4 nitrogen and oxygen atoms in total. The van der Waals surface area contributed by atoms with E-state index in [9.17, 15) is 4.79 Å². The molecule has 0 radical (unpaired) electrons. The van der Waals surface area contributed by atoms with E-state index in [0.717, 1.165) is 28.8 Å². The number of nitrogens with zero attached hydrogens (tertiary/aromatic N) is 2. The van der Waals surface area contributed by atoms with Crippen LogP contribution in [0.15, 0.2) is 60.8 Å². The number of nitrogens with one attached hydrogen (secondary N) is 1. The molecule has 1 aliphatic heterocycles. The van der Waals surface area contributed by atoms with E-state index in [-0.39, 0.29) is 12.1 Å². The summed E-state index contributed by atoms with van der Waals surface area (Å²) in [5, 5.41) is 3.64. The number of pyridine rings is 1.